The summed E-state index contributed by atoms with van der Waals surface area (Å²) in [5, 5.41) is 8.94. The Morgan fingerprint density at radius 3 is 2.56 bits per heavy atom. The maximum atomic E-state index is 11.9. The van der Waals surface area contributed by atoms with Gasteiger partial charge in [-0.25, -0.2) is 0 Å². The summed E-state index contributed by atoms with van der Waals surface area (Å²) in [6, 6.07) is 0.334. The van der Waals surface area contributed by atoms with Gasteiger partial charge in [-0.2, -0.15) is 11.8 Å². The minimum atomic E-state index is 0.112. The van der Waals surface area contributed by atoms with E-state index in [0.717, 1.165) is 25.1 Å². The number of likely N-dealkylation sites (tertiary alicyclic amines) is 1. The van der Waals surface area contributed by atoms with E-state index in [1.807, 2.05) is 0 Å². The van der Waals surface area contributed by atoms with Gasteiger partial charge in [0.25, 0.3) is 0 Å². The number of aliphatic hydroxyl groups excluding tert-OH is 1. The fourth-order valence-electron chi connectivity index (χ4n) is 2.61. The van der Waals surface area contributed by atoms with Crippen molar-refractivity contribution >= 4 is 17.7 Å². The van der Waals surface area contributed by atoms with Crippen LogP contribution in [-0.4, -0.2) is 45.6 Å². The number of nitrogens with zero attached hydrogens (tertiary/aromatic N) is 1. The van der Waals surface area contributed by atoms with E-state index < -0.39 is 0 Å². The van der Waals surface area contributed by atoms with Gasteiger partial charge >= 0.3 is 0 Å². The Balaban J connectivity index is 2.65. The lowest BCUT2D eigenvalue weighted by atomic mass is 9.92. The highest BCUT2D eigenvalue weighted by Crippen LogP contribution is 2.34. The van der Waals surface area contributed by atoms with Crippen molar-refractivity contribution in [2.45, 2.75) is 57.7 Å². The predicted molar refractivity (Wildman–Crippen MR) is 77.8 cm³/mol. The van der Waals surface area contributed by atoms with Gasteiger partial charge in [0, 0.05) is 29.5 Å². The Labute approximate surface area is 115 Å². The van der Waals surface area contributed by atoms with Crippen molar-refractivity contribution in [1.82, 2.24) is 4.90 Å². The molecule has 0 saturated carbocycles. The van der Waals surface area contributed by atoms with Crippen molar-refractivity contribution in [1.29, 1.82) is 0 Å². The third-order valence-corrected chi connectivity index (χ3v) is 4.90. The van der Waals surface area contributed by atoms with Crippen LogP contribution < -0.4 is 0 Å². The molecule has 0 spiro atoms. The van der Waals surface area contributed by atoms with Gasteiger partial charge in [-0.05, 0) is 18.8 Å². The third kappa shape index (κ3) is 4.47. The molecule has 1 heterocycles. The lowest BCUT2D eigenvalue weighted by Crippen LogP contribution is -2.43. The summed E-state index contributed by atoms with van der Waals surface area (Å²) < 4.78 is 0.112. The largest absolute Gasteiger partial charge is 0.396 e. The van der Waals surface area contributed by atoms with Crippen molar-refractivity contribution < 1.29 is 9.90 Å². The smallest absolute Gasteiger partial charge is 0.222 e. The van der Waals surface area contributed by atoms with Gasteiger partial charge in [0.1, 0.15) is 0 Å². The van der Waals surface area contributed by atoms with Crippen LogP contribution in [0.5, 0.6) is 0 Å². The molecule has 1 atom stereocenters. The molecule has 1 rings (SSSR count). The normalized spacial score (nSPS) is 18.8. The van der Waals surface area contributed by atoms with Gasteiger partial charge in [0.2, 0.25) is 5.91 Å². The molecule has 1 fully saturated rings. The van der Waals surface area contributed by atoms with Crippen LogP contribution in [0.25, 0.3) is 0 Å². The van der Waals surface area contributed by atoms with Crippen LogP contribution in [0.1, 0.15) is 47.0 Å². The van der Waals surface area contributed by atoms with E-state index in [1.165, 1.54) is 0 Å². The van der Waals surface area contributed by atoms with Crippen molar-refractivity contribution in [3.05, 3.63) is 0 Å². The average Bonchev–Trinajstić information content (AvgIpc) is 2.69. The minimum Gasteiger partial charge on any atom is -0.396 e. The van der Waals surface area contributed by atoms with Gasteiger partial charge in [0.05, 0.1) is 6.61 Å². The van der Waals surface area contributed by atoms with Gasteiger partial charge in [-0.1, -0.05) is 27.7 Å². The number of carbonyl (C=O) groups is 1. The third-order valence-electron chi connectivity index (χ3n) is 3.56. The van der Waals surface area contributed by atoms with E-state index in [0.29, 0.717) is 24.3 Å². The molecule has 1 unspecified atom stereocenters. The second kappa shape index (κ2) is 6.80. The first-order chi connectivity index (χ1) is 8.37. The second-order valence-corrected chi connectivity index (χ2v) is 7.84. The van der Waals surface area contributed by atoms with E-state index >= 15 is 0 Å². The highest BCUT2D eigenvalue weighted by Gasteiger charge is 2.34. The summed E-state index contributed by atoms with van der Waals surface area (Å²) in [7, 11) is 0. The summed E-state index contributed by atoms with van der Waals surface area (Å²) >= 11 is 1.80. The molecule has 0 radical (unpaired) electrons. The molecular weight excluding hydrogens is 246 g/mol. The molecule has 0 bridgehead atoms. The number of carbonyl (C=O) groups excluding carboxylic acids is 1. The summed E-state index contributed by atoms with van der Waals surface area (Å²) in [5.41, 5.74) is 0. The number of amides is 1. The Kier molecular flexibility index (Phi) is 5.99. The number of hydrogen-bond acceptors (Lipinski definition) is 3. The van der Waals surface area contributed by atoms with Gasteiger partial charge < -0.3 is 10.0 Å². The van der Waals surface area contributed by atoms with E-state index in [1.54, 1.807) is 11.8 Å². The Hall–Kier alpha value is -0.220. The van der Waals surface area contributed by atoms with E-state index in [9.17, 15) is 4.79 Å². The number of aliphatic hydroxyl groups is 1. The standard InChI is InChI=1S/C14H27NO2S/c1-11(2)12(15-7-5-6-13(15)17)10-14(3,4)18-9-8-16/h11-12,16H,5-10H2,1-4H3. The second-order valence-electron chi connectivity index (χ2n) is 6.04. The van der Waals surface area contributed by atoms with Gasteiger partial charge in [-0.3, -0.25) is 4.79 Å². The van der Waals surface area contributed by atoms with Crippen molar-refractivity contribution in [2.24, 2.45) is 5.92 Å². The van der Waals surface area contributed by atoms with Crippen LogP contribution in [0.2, 0.25) is 0 Å². The molecule has 1 N–H and O–H groups in total. The average molecular weight is 273 g/mol. The summed E-state index contributed by atoms with van der Waals surface area (Å²) in [5.74, 6) is 1.57. The Morgan fingerprint density at radius 2 is 2.11 bits per heavy atom. The number of rotatable bonds is 7. The number of hydrogen-bond donors (Lipinski definition) is 1. The summed E-state index contributed by atoms with van der Waals surface area (Å²) in [4.78, 5) is 14.0. The highest BCUT2D eigenvalue weighted by molar-refractivity contribution is 8.00. The van der Waals surface area contributed by atoms with Crippen LogP contribution in [0.3, 0.4) is 0 Å². The maximum absolute atomic E-state index is 11.9. The first-order valence-electron chi connectivity index (χ1n) is 6.91. The zero-order valence-electron chi connectivity index (χ0n) is 12.1. The first-order valence-corrected chi connectivity index (χ1v) is 7.90. The highest BCUT2D eigenvalue weighted by atomic mass is 32.2. The van der Waals surface area contributed by atoms with Crippen molar-refractivity contribution in [2.75, 3.05) is 18.9 Å². The molecule has 3 nitrogen and oxygen atoms in total. The molecule has 4 heteroatoms. The Morgan fingerprint density at radius 1 is 1.44 bits per heavy atom. The predicted octanol–water partition coefficient (Wildman–Crippen LogP) is 2.53. The minimum absolute atomic E-state index is 0.112. The molecule has 1 saturated heterocycles. The van der Waals surface area contributed by atoms with Crippen molar-refractivity contribution in [3.63, 3.8) is 0 Å². The van der Waals surface area contributed by atoms with E-state index in [4.69, 9.17) is 5.11 Å². The molecule has 0 aromatic heterocycles. The first kappa shape index (κ1) is 15.8. The topological polar surface area (TPSA) is 40.5 Å². The quantitative estimate of drug-likeness (QED) is 0.775. The van der Waals surface area contributed by atoms with Gasteiger partial charge in [0.15, 0.2) is 0 Å². The van der Waals surface area contributed by atoms with Crippen molar-refractivity contribution in [3.8, 4) is 0 Å². The van der Waals surface area contributed by atoms with Crippen LogP contribution >= 0.6 is 11.8 Å². The molecule has 0 aromatic rings. The maximum Gasteiger partial charge on any atom is 0.222 e. The van der Waals surface area contributed by atoms with Crippen LogP contribution in [0, 0.1) is 5.92 Å². The van der Waals surface area contributed by atoms with Crippen LogP contribution in [0.4, 0.5) is 0 Å². The summed E-state index contributed by atoms with van der Waals surface area (Å²) in [6.45, 7) is 9.96. The molecule has 1 amide bonds. The molecule has 18 heavy (non-hydrogen) atoms. The fourth-order valence-corrected chi connectivity index (χ4v) is 3.54. The zero-order valence-corrected chi connectivity index (χ0v) is 12.9. The Bertz CT molecular complexity index is 279. The lowest BCUT2D eigenvalue weighted by Gasteiger charge is -2.37. The monoisotopic (exact) mass is 273 g/mol. The summed E-state index contributed by atoms with van der Waals surface area (Å²) in [6.07, 6.45) is 2.72. The molecule has 106 valence electrons. The lowest BCUT2D eigenvalue weighted by molar-refractivity contribution is -0.130. The molecule has 0 aromatic carbocycles. The molecule has 0 aliphatic carbocycles. The van der Waals surface area contributed by atoms with Gasteiger partial charge in [-0.15, -0.1) is 0 Å². The molecule has 1 aliphatic heterocycles. The van der Waals surface area contributed by atoms with Crippen LogP contribution in [-0.2, 0) is 4.79 Å². The SMILES string of the molecule is CC(C)C(CC(C)(C)SCCO)N1CCCC1=O. The zero-order chi connectivity index (χ0) is 13.8. The molecule has 1 aliphatic rings. The van der Waals surface area contributed by atoms with Crippen LogP contribution in [0.15, 0.2) is 0 Å². The number of thioether (sulfide) groups is 1. The fraction of sp³-hybridized carbons (Fsp3) is 0.929. The molecular formula is C14H27NO2S. The van der Waals surface area contributed by atoms with E-state index in [2.05, 4.69) is 32.6 Å². The van der Waals surface area contributed by atoms with E-state index in [-0.39, 0.29) is 11.4 Å².